The summed E-state index contributed by atoms with van der Waals surface area (Å²) < 4.78 is 5.18. The second-order valence-corrected chi connectivity index (χ2v) is 6.66. The van der Waals surface area contributed by atoms with E-state index in [2.05, 4.69) is 10.6 Å². The lowest BCUT2D eigenvalue weighted by atomic mass is 10.1. The van der Waals surface area contributed by atoms with E-state index in [0.717, 1.165) is 16.1 Å². The normalized spacial score (nSPS) is 12.9. The molecular weight excluding hydrogens is 288 g/mol. The molecule has 0 heterocycles. The molecule has 4 nitrogen and oxygen atoms in total. The number of hydrogen-bond acceptors (Lipinski definition) is 3. The number of carbonyl (C=O) groups excluding carboxylic acids is 1. The summed E-state index contributed by atoms with van der Waals surface area (Å²) in [6.07, 6.45) is -0.394. The van der Waals surface area contributed by atoms with Crippen LogP contribution in [0.3, 0.4) is 0 Å². The molecule has 0 spiro atoms. The Kier molecular flexibility index (Phi) is 6.49. The predicted molar refractivity (Wildman–Crippen MR) is 86.7 cm³/mol. The summed E-state index contributed by atoms with van der Waals surface area (Å²) in [5.74, 6) is 0. The fourth-order valence-electron chi connectivity index (χ4n) is 1.66. The monoisotopic (exact) mass is 312 g/mol. The van der Waals surface area contributed by atoms with Crippen LogP contribution in [0.25, 0.3) is 0 Å². The van der Waals surface area contributed by atoms with Crippen LogP contribution in [0.2, 0.25) is 5.02 Å². The Labute approximate surface area is 132 Å². The Morgan fingerprint density at radius 1 is 1.38 bits per heavy atom. The highest BCUT2D eigenvalue weighted by Crippen LogP contribution is 2.16. The van der Waals surface area contributed by atoms with Crippen LogP contribution in [-0.4, -0.2) is 24.3 Å². The highest BCUT2D eigenvalue weighted by Gasteiger charge is 2.16. The molecule has 0 saturated carbocycles. The number of alkyl carbamates (subject to hydrolysis) is 1. The van der Waals surface area contributed by atoms with Gasteiger partial charge in [-0.2, -0.15) is 0 Å². The largest absolute Gasteiger partial charge is 0.444 e. The van der Waals surface area contributed by atoms with Crippen molar-refractivity contribution in [2.45, 2.75) is 52.8 Å². The maximum atomic E-state index is 11.5. The molecule has 1 amide bonds. The quantitative estimate of drug-likeness (QED) is 0.872. The first-order chi connectivity index (χ1) is 9.67. The highest BCUT2D eigenvalue weighted by molar-refractivity contribution is 6.31. The van der Waals surface area contributed by atoms with Gasteiger partial charge in [0.05, 0.1) is 0 Å². The Balaban J connectivity index is 2.32. The number of halogens is 1. The molecule has 5 heteroatoms. The lowest BCUT2D eigenvalue weighted by Gasteiger charge is -2.21. The standard InChI is InChI=1S/C16H25ClN2O2/c1-11-6-7-13(8-14(11)17)10-18-12(2)9-19-15(20)21-16(3,4)5/h6-8,12,18H,9-10H2,1-5H3,(H,19,20). The fraction of sp³-hybridized carbons (Fsp3) is 0.562. The smallest absolute Gasteiger partial charge is 0.407 e. The second-order valence-electron chi connectivity index (χ2n) is 6.25. The van der Waals surface area contributed by atoms with Gasteiger partial charge in [0.15, 0.2) is 0 Å². The first kappa shape index (κ1) is 17.8. The van der Waals surface area contributed by atoms with Gasteiger partial charge >= 0.3 is 6.09 Å². The molecule has 0 fully saturated rings. The Morgan fingerprint density at radius 3 is 2.62 bits per heavy atom. The van der Waals surface area contributed by atoms with E-state index in [9.17, 15) is 4.79 Å². The molecule has 0 aliphatic rings. The van der Waals surface area contributed by atoms with Crippen LogP contribution in [0.1, 0.15) is 38.8 Å². The van der Waals surface area contributed by atoms with E-state index in [1.165, 1.54) is 0 Å². The number of ether oxygens (including phenoxy) is 1. The zero-order valence-electron chi connectivity index (χ0n) is 13.4. The molecule has 1 unspecified atom stereocenters. The molecule has 1 atom stereocenters. The van der Waals surface area contributed by atoms with Crippen molar-refractivity contribution in [2.75, 3.05) is 6.54 Å². The molecule has 0 saturated heterocycles. The summed E-state index contributed by atoms with van der Waals surface area (Å²) in [5, 5.41) is 6.85. The maximum Gasteiger partial charge on any atom is 0.407 e. The van der Waals surface area contributed by atoms with Gasteiger partial charge in [-0.25, -0.2) is 4.79 Å². The van der Waals surface area contributed by atoms with Crippen molar-refractivity contribution >= 4 is 17.7 Å². The SMILES string of the molecule is Cc1ccc(CNC(C)CNC(=O)OC(C)(C)C)cc1Cl. The minimum atomic E-state index is -0.473. The van der Waals surface area contributed by atoms with Crippen molar-refractivity contribution in [3.05, 3.63) is 34.3 Å². The molecule has 1 rings (SSSR count). The van der Waals surface area contributed by atoms with Crippen LogP contribution in [-0.2, 0) is 11.3 Å². The average Bonchev–Trinajstić information content (AvgIpc) is 2.36. The highest BCUT2D eigenvalue weighted by atomic mass is 35.5. The van der Waals surface area contributed by atoms with E-state index in [-0.39, 0.29) is 6.04 Å². The molecule has 0 aromatic heterocycles. The van der Waals surface area contributed by atoms with E-state index in [1.807, 2.05) is 52.8 Å². The molecule has 2 N–H and O–H groups in total. The van der Waals surface area contributed by atoms with Crippen molar-refractivity contribution < 1.29 is 9.53 Å². The fourth-order valence-corrected chi connectivity index (χ4v) is 1.86. The number of aryl methyl sites for hydroxylation is 1. The lowest BCUT2D eigenvalue weighted by Crippen LogP contribution is -2.41. The summed E-state index contributed by atoms with van der Waals surface area (Å²) in [4.78, 5) is 11.5. The second kappa shape index (κ2) is 7.66. The summed E-state index contributed by atoms with van der Waals surface area (Å²) in [6, 6.07) is 6.14. The Morgan fingerprint density at radius 2 is 2.05 bits per heavy atom. The molecule has 0 aliphatic heterocycles. The van der Waals surface area contributed by atoms with E-state index in [4.69, 9.17) is 16.3 Å². The number of carbonyl (C=O) groups is 1. The zero-order valence-corrected chi connectivity index (χ0v) is 14.2. The van der Waals surface area contributed by atoms with Gasteiger partial charge in [-0.15, -0.1) is 0 Å². The number of nitrogens with one attached hydrogen (secondary N) is 2. The molecule has 21 heavy (non-hydrogen) atoms. The predicted octanol–water partition coefficient (Wildman–Crippen LogP) is 3.65. The number of rotatable bonds is 5. The zero-order chi connectivity index (χ0) is 16.0. The van der Waals surface area contributed by atoms with Gasteiger partial charge < -0.3 is 15.4 Å². The average molecular weight is 313 g/mol. The van der Waals surface area contributed by atoms with Gasteiger partial charge in [0.2, 0.25) is 0 Å². The minimum Gasteiger partial charge on any atom is -0.444 e. The van der Waals surface area contributed by atoms with Gasteiger partial charge in [0.1, 0.15) is 5.60 Å². The van der Waals surface area contributed by atoms with Crippen LogP contribution in [0, 0.1) is 6.92 Å². The van der Waals surface area contributed by atoms with Gasteiger partial charge in [0.25, 0.3) is 0 Å². The van der Waals surface area contributed by atoms with Crippen molar-refractivity contribution in [2.24, 2.45) is 0 Å². The Hall–Kier alpha value is -1.26. The lowest BCUT2D eigenvalue weighted by molar-refractivity contribution is 0.0523. The van der Waals surface area contributed by atoms with Gasteiger partial charge in [0, 0.05) is 24.2 Å². The summed E-state index contributed by atoms with van der Waals surface area (Å²) in [6.45, 7) is 10.7. The molecule has 0 bridgehead atoms. The van der Waals surface area contributed by atoms with E-state index in [1.54, 1.807) is 0 Å². The summed E-state index contributed by atoms with van der Waals surface area (Å²) in [7, 11) is 0. The first-order valence-corrected chi connectivity index (χ1v) is 7.50. The van der Waals surface area contributed by atoms with Crippen molar-refractivity contribution in [1.82, 2.24) is 10.6 Å². The number of hydrogen-bond donors (Lipinski definition) is 2. The maximum absolute atomic E-state index is 11.5. The van der Waals surface area contributed by atoms with Gasteiger partial charge in [-0.1, -0.05) is 23.7 Å². The topological polar surface area (TPSA) is 50.4 Å². The van der Waals surface area contributed by atoms with Crippen molar-refractivity contribution in [1.29, 1.82) is 0 Å². The molecule has 1 aromatic carbocycles. The molecule has 118 valence electrons. The van der Waals surface area contributed by atoms with Crippen molar-refractivity contribution in [3.63, 3.8) is 0 Å². The van der Waals surface area contributed by atoms with E-state index >= 15 is 0 Å². The van der Waals surface area contributed by atoms with Crippen LogP contribution in [0.5, 0.6) is 0 Å². The molecule has 1 aromatic rings. The van der Waals surface area contributed by atoms with Gasteiger partial charge in [-0.05, 0) is 51.8 Å². The van der Waals surface area contributed by atoms with Crippen LogP contribution < -0.4 is 10.6 Å². The van der Waals surface area contributed by atoms with E-state index < -0.39 is 11.7 Å². The summed E-state index contributed by atoms with van der Waals surface area (Å²) >= 11 is 6.09. The van der Waals surface area contributed by atoms with Crippen molar-refractivity contribution in [3.8, 4) is 0 Å². The van der Waals surface area contributed by atoms with Crippen LogP contribution in [0.4, 0.5) is 4.79 Å². The third kappa shape index (κ3) is 7.34. The minimum absolute atomic E-state index is 0.137. The first-order valence-electron chi connectivity index (χ1n) is 7.12. The number of amides is 1. The third-order valence-electron chi connectivity index (χ3n) is 2.84. The number of benzene rings is 1. The Bertz CT molecular complexity index is 484. The third-order valence-corrected chi connectivity index (χ3v) is 3.25. The summed E-state index contributed by atoms with van der Waals surface area (Å²) in [5.41, 5.74) is 1.72. The molecule has 0 radical (unpaired) electrons. The van der Waals surface area contributed by atoms with Gasteiger partial charge in [-0.3, -0.25) is 0 Å². The van der Waals surface area contributed by atoms with Crippen LogP contribution >= 0.6 is 11.6 Å². The van der Waals surface area contributed by atoms with E-state index in [0.29, 0.717) is 13.1 Å². The molecular formula is C16H25ClN2O2. The van der Waals surface area contributed by atoms with Crippen LogP contribution in [0.15, 0.2) is 18.2 Å². The molecule has 0 aliphatic carbocycles.